The summed E-state index contributed by atoms with van der Waals surface area (Å²) < 4.78 is 0. The Hall–Kier alpha value is -1.88. The summed E-state index contributed by atoms with van der Waals surface area (Å²) in [4.78, 5) is 19.7. The minimum Gasteiger partial charge on any atom is -0.385 e. The molecule has 1 N–H and O–H groups in total. The lowest BCUT2D eigenvalue weighted by atomic mass is 10.2. The molecular weight excluding hydrogens is 270 g/mol. The van der Waals surface area contributed by atoms with E-state index in [1.54, 1.807) is 22.4 Å². The van der Waals surface area contributed by atoms with Gasteiger partial charge < -0.3 is 10.2 Å². The van der Waals surface area contributed by atoms with Crippen LogP contribution in [0.3, 0.4) is 0 Å². The Labute approximate surface area is 123 Å². The van der Waals surface area contributed by atoms with Gasteiger partial charge in [0, 0.05) is 30.4 Å². The number of carbonyl (C=O) groups is 1. The second kappa shape index (κ2) is 6.52. The molecule has 106 valence electrons. The molecule has 0 aliphatic rings. The van der Waals surface area contributed by atoms with E-state index in [-0.39, 0.29) is 5.91 Å². The highest BCUT2D eigenvalue weighted by atomic mass is 32.1. The average Bonchev–Trinajstić information content (AvgIpc) is 2.91. The number of nitrogens with zero attached hydrogens (tertiary/aromatic N) is 2. The van der Waals surface area contributed by atoms with Gasteiger partial charge >= 0.3 is 0 Å². The Morgan fingerprint density at radius 2 is 2.30 bits per heavy atom. The van der Waals surface area contributed by atoms with Crippen LogP contribution in [0.5, 0.6) is 0 Å². The molecule has 0 aromatic carbocycles. The molecule has 2 rings (SSSR count). The van der Waals surface area contributed by atoms with Crippen molar-refractivity contribution in [3.05, 3.63) is 45.9 Å². The molecule has 5 heteroatoms. The van der Waals surface area contributed by atoms with Crippen molar-refractivity contribution in [3.63, 3.8) is 0 Å². The molecule has 2 aromatic heterocycles. The fourth-order valence-corrected chi connectivity index (χ4v) is 2.74. The maximum absolute atomic E-state index is 12.5. The third-order valence-corrected chi connectivity index (χ3v) is 3.82. The summed E-state index contributed by atoms with van der Waals surface area (Å²) in [5, 5.41) is 5.25. The van der Waals surface area contributed by atoms with Crippen LogP contribution < -0.4 is 5.32 Å². The van der Waals surface area contributed by atoms with Crippen LogP contribution in [0, 0.1) is 6.92 Å². The van der Waals surface area contributed by atoms with Gasteiger partial charge in [0.25, 0.3) is 5.91 Å². The maximum Gasteiger partial charge on any atom is 0.257 e. The van der Waals surface area contributed by atoms with E-state index in [1.807, 2.05) is 44.5 Å². The summed E-state index contributed by atoms with van der Waals surface area (Å²) in [6, 6.07) is 5.94. The number of rotatable bonds is 5. The largest absolute Gasteiger partial charge is 0.385 e. The van der Waals surface area contributed by atoms with Crippen molar-refractivity contribution in [1.82, 2.24) is 9.88 Å². The normalized spacial score (nSPS) is 10.3. The highest BCUT2D eigenvalue weighted by Gasteiger charge is 2.17. The highest BCUT2D eigenvalue weighted by molar-refractivity contribution is 7.09. The summed E-state index contributed by atoms with van der Waals surface area (Å²) >= 11 is 1.66. The minimum atomic E-state index is -0.0122. The van der Waals surface area contributed by atoms with E-state index in [4.69, 9.17) is 0 Å². The van der Waals surface area contributed by atoms with E-state index in [1.165, 1.54) is 4.88 Å². The number of hydrogen-bond donors (Lipinski definition) is 1. The van der Waals surface area contributed by atoms with E-state index >= 15 is 0 Å². The van der Waals surface area contributed by atoms with Crippen LogP contribution in [0.2, 0.25) is 0 Å². The molecule has 2 heterocycles. The number of thiophene rings is 1. The first-order valence-electron chi connectivity index (χ1n) is 6.60. The molecular formula is C15H19N3OS. The first-order valence-corrected chi connectivity index (χ1v) is 7.48. The summed E-state index contributed by atoms with van der Waals surface area (Å²) in [5.74, 6) is -0.0122. The van der Waals surface area contributed by atoms with Crippen LogP contribution in [-0.4, -0.2) is 29.4 Å². The Balaban J connectivity index is 2.19. The van der Waals surface area contributed by atoms with Crippen LogP contribution in [0.15, 0.2) is 29.8 Å². The lowest BCUT2D eigenvalue weighted by molar-refractivity contribution is 0.0787. The molecule has 0 aliphatic heterocycles. The van der Waals surface area contributed by atoms with Gasteiger partial charge in [0.2, 0.25) is 0 Å². The Morgan fingerprint density at radius 1 is 1.50 bits per heavy atom. The van der Waals surface area contributed by atoms with Gasteiger partial charge in [-0.2, -0.15) is 0 Å². The van der Waals surface area contributed by atoms with Gasteiger partial charge in [-0.05, 0) is 31.4 Å². The smallest absolute Gasteiger partial charge is 0.257 e. The zero-order valence-corrected chi connectivity index (χ0v) is 12.8. The molecule has 20 heavy (non-hydrogen) atoms. The monoisotopic (exact) mass is 289 g/mol. The molecule has 0 atom stereocenters. The third kappa shape index (κ3) is 3.36. The maximum atomic E-state index is 12.5. The van der Waals surface area contributed by atoms with Crippen molar-refractivity contribution in [2.24, 2.45) is 0 Å². The second-order valence-corrected chi connectivity index (χ2v) is 5.67. The number of pyridine rings is 1. The van der Waals surface area contributed by atoms with Crippen molar-refractivity contribution >= 4 is 22.9 Å². The van der Waals surface area contributed by atoms with Crippen LogP contribution in [-0.2, 0) is 6.54 Å². The first-order chi connectivity index (χ1) is 9.61. The van der Waals surface area contributed by atoms with Gasteiger partial charge in [0.05, 0.1) is 17.8 Å². The zero-order chi connectivity index (χ0) is 14.5. The Kier molecular flexibility index (Phi) is 4.74. The molecule has 0 saturated carbocycles. The fourth-order valence-electron chi connectivity index (χ4n) is 1.98. The number of aromatic nitrogens is 1. The predicted octanol–water partition coefficient (Wildman–Crippen LogP) is 3.16. The zero-order valence-electron chi connectivity index (χ0n) is 12.0. The molecule has 1 amide bonds. The van der Waals surface area contributed by atoms with Gasteiger partial charge in [0.1, 0.15) is 0 Å². The van der Waals surface area contributed by atoms with Crippen LogP contribution in [0.1, 0.15) is 27.9 Å². The van der Waals surface area contributed by atoms with Gasteiger partial charge in [-0.1, -0.05) is 6.07 Å². The number of amides is 1. The van der Waals surface area contributed by atoms with E-state index < -0.39 is 0 Å². The number of hydrogen-bond acceptors (Lipinski definition) is 4. The fraction of sp³-hybridized carbons (Fsp3) is 0.333. The molecule has 0 bridgehead atoms. The number of aryl methyl sites for hydroxylation is 1. The molecule has 0 unspecified atom stereocenters. The molecule has 2 aromatic rings. The van der Waals surface area contributed by atoms with Crippen molar-refractivity contribution in [2.75, 3.05) is 18.9 Å². The molecule has 0 aliphatic carbocycles. The van der Waals surface area contributed by atoms with Gasteiger partial charge in [0.15, 0.2) is 0 Å². The summed E-state index contributed by atoms with van der Waals surface area (Å²) in [7, 11) is 1.82. The van der Waals surface area contributed by atoms with E-state index in [9.17, 15) is 4.79 Å². The van der Waals surface area contributed by atoms with Crippen LogP contribution in [0.4, 0.5) is 5.69 Å². The topological polar surface area (TPSA) is 45.2 Å². The molecule has 0 fully saturated rings. The third-order valence-electron chi connectivity index (χ3n) is 2.96. The Bertz CT molecular complexity index is 581. The van der Waals surface area contributed by atoms with Gasteiger partial charge in [-0.15, -0.1) is 11.3 Å². The van der Waals surface area contributed by atoms with Gasteiger partial charge in [-0.25, -0.2) is 0 Å². The van der Waals surface area contributed by atoms with Crippen LogP contribution in [0.25, 0.3) is 0 Å². The van der Waals surface area contributed by atoms with E-state index in [0.717, 1.165) is 17.9 Å². The van der Waals surface area contributed by atoms with Crippen molar-refractivity contribution in [2.45, 2.75) is 20.4 Å². The number of nitrogens with one attached hydrogen (secondary N) is 1. The number of anilines is 1. The minimum absolute atomic E-state index is 0.0122. The van der Waals surface area contributed by atoms with Gasteiger partial charge in [-0.3, -0.25) is 9.78 Å². The van der Waals surface area contributed by atoms with Crippen LogP contribution >= 0.6 is 11.3 Å². The van der Waals surface area contributed by atoms with Crippen molar-refractivity contribution in [3.8, 4) is 0 Å². The molecule has 0 saturated heterocycles. The lowest BCUT2D eigenvalue weighted by Gasteiger charge is -2.18. The second-order valence-electron chi connectivity index (χ2n) is 4.64. The highest BCUT2D eigenvalue weighted by Crippen LogP contribution is 2.19. The molecule has 0 spiro atoms. The quantitative estimate of drug-likeness (QED) is 0.919. The van der Waals surface area contributed by atoms with E-state index in [2.05, 4.69) is 10.3 Å². The summed E-state index contributed by atoms with van der Waals surface area (Å²) in [6.07, 6.45) is 1.65. The average molecular weight is 289 g/mol. The van der Waals surface area contributed by atoms with E-state index in [0.29, 0.717) is 12.1 Å². The van der Waals surface area contributed by atoms with Crippen molar-refractivity contribution < 1.29 is 4.79 Å². The lowest BCUT2D eigenvalue weighted by Crippen LogP contribution is -2.27. The summed E-state index contributed by atoms with van der Waals surface area (Å²) in [5.41, 5.74) is 2.37. The Morgan fingerprint density at radius 3 is 2.95 bits per heavy atom. The molecule has 4 nitrogen and oxygen atoms in total. The molecule has 0 radical (unpaired) electrons. The SMILES string of the molecule is CCNc1cc(C)ncc1C(=O)N(C)Cc1cccs1. The van der Waals surface area contributed by atoms with Crippen molar-refractivity contribution in [1.29, 1.82) is 0 Å². The number of carbonyl (C=O) groups excluding carboxylic acids is 1. The first kappa shape index (κ1) is 14.5. The summed E-state index contributed by atoms with van der Waals surface area (Å²) in [6.45, 7) is 5.33. The predicted molar refractivity (Wildman–Crippen MR) is 83.3 cm³/mol. The standard InChI is InChI=1S/C15H19N3OS/c1-4-16-14-8-11(2)17-9-13(14)15(19)18(3)10-12-6-5-7-20-12/h5-9H,4,10H2,1-3H3,(H,16,17).